The molecule has 0 unspecified atom stereocenters. The fourth-order valence-corrected chi connectivity index (χ4v) is 3.64. The predicted octanol–water partition coefficient (Wildman–Crippen LogP) is 2.61. The van der Waals surface area contributed by atoms with E-state index in [0.717, 1.165) is 45.3 Å². The monoisotopic (exact) mass is 283 g/mol. The molecule has 1 heterocycles. The Bertz CT molecular complexity index is 350. The lowest BCUT2D eigenvalue weighted by molar-refractivity contribution is -0.160. The predicted molar refractivity (Wildman–Crippen MR) is 78.6 cm³/mol. The first-order valence-corrected chi connectivity index (χ1v) is 7.88. The summed E-state index contributed by atoms with van der Waals surface area (Å²) in [7, 11) is 1.70. The van der Waals surface area contributed by atoms with Crippen LogP contribution in [0.1, 0.15) is 52.9 Å². The van der Waals surface area contributed by atoms with Crippen LogP contribution >= 0.6 is 0 Å². The Balaban J connectivity index is 2.09. The molecule has 1 aliphatic heterocycles. The molecule has 20 heavy (non-hydrogen) atoms. The van der Waals surface area contributed by atoms with E-state index < -0.39 is 0 Å². The number of nitrogens with zero attached hydrogens (tertiary/aromatic N) is 1. The third kappa shape index (κ3) is 3.01. The van der Waals surface area contributed by atoms with E-state index in [4.69, 9.17) is 9.47 Å². The SMILES string of the molecule is CCN(C(=O)C1(COC)CCC1)[C@H]1CCOC(C)(C)C1. The van der Waals surface area contributed by atoms with Crippen LogP contribution in [0.2, 0.25) is 0 Å². The largest absolute Gasteiger partial charge is 0.384 e. The second kappa shape index (κ2) is 6.02. The van der Waals surface area contributed by atoms with Crippen LogP contribution in [0.15, 0.2) is 0 Å². The van der Waals surface area contributed by atoms with Crippen LogP contribution in [0, 0.1) is 5.41 Å². The average Bonchev–Trinajstić information content (AvgIpc) is 2.33. The molecule has 0 aromatic rings. The molecule has 0 radical (unpaired) electrons. The third-order valence-corrected chi connectivity index (χ3v) is 4.90. The maximum Gasteiger partial charge on any atom is 0.231 e. The van der Waals surface area contributed by atoms with Crippen molar-refractivity contribution < 1.29 is 14.3 Å². The zero-order chi connectivity index (χ0) is 14.8. The highest BCUT2D eigenvalue weighted by Crippen LogP contribution is 2.43. The van der Waals surface area contributed by atoms with Gasteiger partial charge >= 0.3 is 0 Å². The molecule has 2 fully saturated rings. The topological polar surface area (TPSA) is 38.8 Å². The van der Waals surface area contributed by atoms with Crippen molar-refractivity contribution >= 4 is 5.91 Å². The number of hydrogen-bond donors (Lipinski definition) is 0. The van der Waals surface area contributed by atoms with Crippen molar-refractivity contribution in [2.75, 3.05) is 26.9 Å². The standard InChI is InChI=1S/C16H29NO3/c1-5-17(13-7-10-20-15(2,3)11-13)14(18)16(12-19-4)8-6-9-16/h13H,5-12H2,1-4H3/t13-/m0/s1. The smallest absolute Gasteiger partial charge is 0.231 e. The molecule has 1 atom stereocenters. The van der Waals surface area contributed by atoms with Crippen molar-refractivity contribution in [3.63, 3.8) is 0 Å². The van der Waals surface area contributed by atoms with Gasteiger partial charge < -0.3 is 14.4 Å². The number of rotatable bonds is 5. The fraction of sp³-hybridized carbons (Fsp3) is 0.938. The van der Waals surface area contributed by atoms with E-state index in [2.05, 4.69) is 25.7 Å². The van der Waals surface area contributed by atoms with Crippen LogP contribution in [0.4, 0.5) is 0 Å². The van der Waals surface area contributed by atoms with Crippen LogP contribution < -0.4 is 0 Å². The van der Waals surface area contributed by atoms with Crippen molar-refractivity contribution in [2.24, 2.45) is 5.41 Å². The summed E-state index contributed by atoms with van der Waals surface area (Å²) < 4.78 is 11.1. The quantitative estimate of drug-likeness (QED) is 0.778. The summed E-state index contributed by atoms with van der Waals surface area (Å²) >= 11 is 0. The van der Waals surface area contributed by atoms with Gasteiger partial charge in [0.05, 0.1) is 17.6 Å². The molecule has 0 aromatic carbocycles. The van der Waals surface area contributed by atoms with Gasteiger partial charge in [-0.15, -0.1) is 0 Å². The lowest BCUT2D eigenvalue weighted by Crippen LogP contribution is -2.56. The van der Waals surface area contributed by atoms with Gasteiger partial charge in [-0.25, -0.2) is 0 Å². The molecule has 1 saturated carbocycles. The second-order valence-corrected chi connectivity index (χ2v) is 6.91. The van der Waals surface area contributed by atoms with Gasteiger partial charge in [-0.1, -0.05) is 6.42 Å². The molecule has 1 aliphatic carbocycles. The Kier molecular flexibility index (Phi) is 4.75. The normalized spacial score (nSPS) is 27.7. The van der Waals surface area contributed by atoms with Gasteiger partial charge in [0.2, 0.25) is 5.91 Å². The second-order valence-electron chi connectivity index (χ2n) is 6.91. The highest BCUT2D eigenvalue weighted by atomic mass is 16.5. The summed E-state index contributed by atoms with van der Waals surface area (Å²) in [5, 5.41) is 0. The van der Waals surface area contributed by atoms with Gasteiger partial charge in [-0.2, -0.15) is 0 Å². The van der Waals surface area contributed by atoms with Gasteiger partial charge in [0.1, 0.15) is 0 Å². The van der Waals surface area contributed by atoms with Gasteiger partial charge in [0.25, 0.3) is 0 Å². The van der Waals surface area contributed by atoms with Crippen molar-refractivity contribution in [2.45, 2.75) is 64.5 Å². The first-order chi connectivity index (χ1) is 9.44. The fourth-order valence-electron chi connectivity index (χ4n) is 3.64. The van der Waals surface area contributed by atoms with Gasteiger partial charge in [0.15, 0.2) is 0 Å². The van der Waals surface area contributed by atoms with E-state index in [-0.39, 0.29) is 11.0 Å². The molecular weight excluding hydrogens is 254 g/mol. The van der Waals surface area contributed by atoms with E-state index in [0.29, 0.717) is 18.6 Å². The van der Waals surface area contributed by atoms with Gasteiger partial charge in [-0.05, 0) is 46.5 Å². The van der Waals surface area contributed by atoms with E-state index in [1.165, 1.54) is 0 Å². The van der Waals surface area contributed by atoms with Crippen LogP contribution in [-0.4, -0.2) is 49.3 Å². The molecule has 4 nitrogen and oxygen atoms in total. The van der Waals surface area contributed by atoms with Crippen molar-refractivity contribution in [3.05, 3.63) is 0 Å². The molecule has 1 amide bonds. The first-order valence-electron chi connectivity index (χ1n) is 7.88. The zero-order valence-corrected chi connectivity index (χ0v) is 13.4. The average molecular weight is 283 g/mol. The van der Waals surface area contributed by atoms with E-state index in [9.17, 15) is 4.79 Å². The minimum absolute atomic E-state index is 0.120. The zero-order valence-electron chi connectivity index (χ0n) is 13.4. The summed E-state index contributed by atoms with van der Waals surface area (Å²) in [6.07, 6.45) is 4.97. The number of methoxy groups -OCH3 is 1. The minimum Gasteiger partial charge on any atom is -0.384 e. The molecule has 0 spiro atoms. The number of hydrogen-bond acceptors (Lipinski definition) is 3. The molecular formula is C16H29NO3. The van der Waals surface area contributed by atoms with E-state index in [1.54, 1.807) is 7.11 Å². The molecule has 4 heteroatoms. The van der Waals surface area contributed by atoms with E-state index >= 15 is 0 Å². The summed E-state index contributed by atoms with van der Waals surface area (Å²) in [5.41, 5.74) is -0.363. The highest BCUT2D eigenvalue weighted by Gasteiger charge is 2.48. The summed E-state index contributed by atoms with van der Waals surface area (Å²) in [4.78, 5) is 15.1. The number of carbonyl (C=O) groups excluding carboxylic acids is 1. The van der Waals surface area contributed by atoms with Crippen LogP contribution in [0.25, 0.3) is 0 Å². The lowest BCUT2D eigenvalue weighted by atomic mass is 9.68. The summed E-state index contributed by atoms with van der Waals surface area (Å²) in [6.45, 7) is 8.41. The summed E-state index contributed by atoms with van der Waals surface area (Å²) in [5.74, 6) is 0.302. The molecule has 0 aromatic heterocycles. The lowest BCUT2D eigenvalue weighted by Gasteiger charge is -2.47. The van der Waals surface area contributed by atoms with Crippen molar-refractivity contribution in [1.29, 1.82) is 0 Å². The molecule has 0 N–H and O–H groups in total. The Morgan fingerprint density at radius 1 is 1.40 bits per heavy atom. The molecule has 2 rings (SSSR count). The van der Waals surface area contributed by atoms with Crippen LogP contribution in [0.5, 0.6) is 0 Å². The number of carbonyl (C=O) groups is 1. The molecule has 1 saturated heterocycles. The van der Waals surface area contributed by atoms with Crippen molar-refractivity contribution in [1.82, 2.24) is 4.90 Å². The Labute approximate surface area is 122 Å². The Morgan fingerprint density at radius 2 is 2.10 bits per heavy atom. The van der Waals surface area contributed by atoms with Crippen molar-refractivity contribution in [3.8, 4) is 0 Å². The third-order valence-electron chi connectivity index (χ3n) is 4.90. The number of ether oxygens (including phenoxy) is 2. The summed E-state index contributed by atoms with van der Waals surface area (Å²) in [6, 6.07) is 0.311. The maximum atomic E-state index is 13.0. The van der Waals surface area contributed by atoms with Crippen LogP contribution in [-0.2, 0) is 14.3 Å². The van der Waals surface area contributed by atoms with Gasteiger partial charge in [-0.3, -0.25) is 4.79 Å². The highest BCUT2D eigenvalue weighted by molar-refractivity contribution is 5.84. The molecule has 116 valence electrons. The van der Waals surface area contributed by atoms with E-state index in [1.807, 2.05) is 0 Å². The Hall–Kier alpha value is -0.610. The molecule has 2 aliphatic rings. The Morgan fingerprint density at radius 3 is 2.55 bits per heavy atom. The van der Waals surface area contributed by atoms with Gasteiger partial charge in [0, 0.05) is 26.3 Å². The first kappa shape index (κ1) is 15.8. The molecule has 0 bridgehead atoms. The minimum atomic E-state index is -0.243. The van der Waals surface area contributed by atoms with Crippen LogP contribution in [0.3, 0.4) is 0 Å². The maximum absolute atomic E-state index is 13.0. The number of amides is 1.